The Hall–Kier alpha value is -3.67. The lowest BCUT2D eigenvalue weighted by molar-refractivity contribution is -0.127. The fourth-order valence-corrected chi connectivity index (χ4v) is 2.48. The van der Waals surface area contributed by atoms with Crippen LogP contribution < -0.4 is 14.9 Å². The monoisotopic (exact) mass is 375 g/mol. The average Bonchev–Trinajstić information content (AvgIpc) is 2.73. The first kappa shape index (κ1) is 19.1. The molecule has 1 unspecified atom stereocenters. The third-order valence-corrected chi connectivity index (χ3v) is 3.90. The number of nitrogens with zero attached hydrogens (tertiary/aromatic N) is 2. The van der Waals surface area contributed by atoms with Gasteiger partial charge in [0.05, 0.1) is 6.21 Å². The minimum atomic E-state index is -0.723. The van der Waals surface area contributed by atoms with E-state index in [1.54, 1.807) is 31.5 Å². The lowest BCUT2D eigenvalue weighted by Crippen LogP contribution is -2.33. The zero-order valence-corrected chi connectivity index (χ0v) is 15.5. The van der Waals surface area contributed by atoms with Crippen molar-refractivity contribution >= 4 is 23.0 Å². The van der Waals surface area contributed by atoms with E-state index in [4.69, 9.17) is 9.47 Å². The molecule has 28 heavy (non-hydrogen) atoms. The van der Waals surface area contributed by atoms with Crippen molar-refractivity contribution < 1.29 is 14.3 Å². The van der Waals surface area contributed by atoms with E-state index in [2.05, 4.69) is 22.1 Å². The largest absolute Gasteiger partial charge is 0.490 e. The molecular formula is C22H21N3O3. The summed E-state index contributed by atoms with van der Waals surface area (Å²) in [5.41, 5.74) is 4.04. The van der Waals surface area contributed by atoms with E-state index < -0.39 is 6.10 Å². The standard InChI is InChI=1S/C22H21N3O3/c1-3-14-27-19-11-9-17(10-12-19)15-24-25-22(26)16(2)28-20-8-4-6-18-7-5-13-23-21(18)20/h3-13,15-16H,1,14H2,2H3,(H,25,26)/b24-15+. The maximum absolute atomic E-state index is 12.2. The van der Waals surface area contributed by atoms with E-state index >= 15 is 0 Å². The van der Waals surface area contributed by atoms with Gasteiger partial charge in [0, 0.05) is 11.6 Å². The summed E-state index contributed by atoms with van der Waals surface area (Å²) in [7, 11) is 0. The van der Waals surface area contributed by atoms with E-state index in [0.29, 0.717) is 17.9 Å². The summed E-state index contributed by atoms with van der Waals surface area (Å²) in [4.78, 5) is 16.6. The quantitative estimate of drug-likeness (QED) is 0.370. The number of rotatable bonds is 8. The number of hydrogen-bond donors (Lipinski definition) is 1. The molecule has 0 spiro atoms. The fraction of sp³-hybridized carbons (Fsp3) is 0.136. The first-order valence-electron chi connectivity index (χ1n) is 8.84. The van der Waals surface area contributed by atoms with Crippen LogP contribution >= 0.6 is 0 Å². The average molecular weight is 375 g/mol. The van der Waals surface area contributed by atoms with Crippen LogP contribution in [-0.2, 0) is 4.79 Å². The van der Waals surface area contributed by atoms with E-state index in [1.807, 2.05) is 48.5 Å². The highest BCUT2D eigenvalue weighted by Gasteiger charge is 2.15. The molecule has 0 aliphatic rings. The number of fused-ring (bicyclic) bond motifs is 1. The topological polar surface area (TPSA) is 72.8 Å². The maximum Gasteiger partial charge on any atom is 0.280 e. The van der Waals surface area contributed by atoms with Crippen molar-refractivity contribution in [2.24, 2.45) is 5.10 Å². The van der Waals surface area contributed by atoms with Gasteiger partial charge < -0.3 is 9.47 Å². The predicted molar refractivity (Wildman–Crippen MR) is 110 cm³/mol. The van der Waals surface area contributed by atoms with Crippen LogP contribution in [0.5, 0.6) is 11.5 Å². The van der Waals surface area contributed by atoms with Crippen molar-refractivity contribution in [1.29, 1.82) is 0 Å². The van der Waals surface area contributed by atoms with Crippen LogP contribution in [0.3, 0.4) is 0 Å². The molecule has 3 aromatic rings. The van der Waals surface area contributed by atoms with Crippen molar-refractivity contribution in [3.8, 4) is 11.5 Å². The molecule has 2 aromatic carbocycles. The Morgan fingerprint density at radius 1 is 1.21 bits per heavy atom. The lowest BCUT2D eigenvalue weighted by Gasteiger charge is -2.14. The number of benzene rings is 2. The van der Waals surface area contributed by atoms with E-state index in [9.17, 15) is 4.79 Å². The van der Waals surface area contributed by atoms with Crippen molar-refractivity contribution in [3.63, 3.8) is 0 Å². The summed E-state index contributed by atoms with van der Waals surface area (Å²) in [6.07, 6.45) is 4.21. The van der Waals surface area contributed by atoms with Crippen molar-refractivity contribution in [1.82, 2.24) is 10.4 Å². The Morgan fingerprint density at radius 3 is 2.79 bits per heavy atom. The molecule has 0 radical (unpaired) electrons. The summed E-state index contributed by atoms with van der Waals surface area (Å²) >= 11 is 0. The van der Waals surface area contributed by atoms with Crippen molar-refractivity contribution in [2.45, 2.75) is 13.0 Å². The van der Waals surface area contributed by atoms with Gasteiger partial charge in [0.25, 0.3) is 5.91 Å². The molecule has 0 aliphatic heterocycles. The second-order valence-electron chi connectivity index (χ2n) is 5.99. The number of nitrogens with one attached hydrogen (secondary N) is 1. The van der Waals surface area contributed by atoms with Crippen molar-refractivity contribution in [3.05, 3.63) is 79.0 Å². The highest BCUT2D eigenvalue weighted by Crippen LogP contribution is 2.23. The number of carbonyl (C=O) groups is 1. The molecule has 0 saturated carbocycles. The molecule has 1 aromatic heterocycles. The van der Waals surface area contributed by atoms with Gasteiger partial charge in [-0.1, -0.05) is 30.9 Å². The number of pyridine rings is 1. The van der Waals surface area contributed by atoms with Crippen LogP contribution in [-0.4, -0.2) is 29.8 Å². The van der Waals surface area contributed by atoms with Gasteiger partial charge in [0.2, 0.25) is 0 Å². The molecule has 1 atom stereocenters. The van der Waals surface area contributed by atoms with Gasteiger partial charge in [0.1, 0.15) is 23.6 Å². The highest BCUT2D eigenvalue weighted by molar-refractivity contribution is 5.86. The van der Waals surface area contributed by atoms with Gasteiger partial charge in [-0.3, -0.25) is 9.78 Å². The minimum absolute atomic E-state index is 0.352. The molecular weight excluding hydrogens is 354 g/mol. The molecule has 142 valence electrons. The first-order chi connectivity index (χ1) is 13.7. The van der Waals surface area contributed by atoms with Crippen LogP contribution in [0, 0.1) is 0 Å². The smallest absolute Gasteiger partial charge is 0.280 e. The third-order valence-electron chi connectivity index (χ3n) is 3.90. The van der Waals surface area contributed by atoms with Gasteiger partial charge in [0.15, 0.2) is 6.10 Å². The molecule has 6 heteroatoms. The van der Waals surface area contributed by atoms with E-state index in [-0.39, 0.29) is 5.91 Å². The Balaban J connectivity index is 1.56. The number of ether oxygens (including phenoxy) is 2. The Morgan fingerprint density at radius 2 is 2.00 bits per heavy atom. The summed E-state index contributed by atoms with van der Waals surface area (Å²) < 4.78 is 11.2. The molecule has 1 heterocycles. The number of carbonyl (C=O) groups excluding carboxylic acids is 1. The molecule has 0 fully saturated rings. The van der Waals surface area contributed by atoms with Gasteiger partial charge in [-0.05, 0) is 48.9 Å². The Kier molecular flexibility index (Phi) is 6.36. The van der Waals surface area contributed by atoms with Gasteiger partial charge >= 0.3 is 0 Å². The molecule has 0 aliphatic carbocycles. The summed E-state index contributed by atoms with van der Waals surface area (Å²) in [6, 6.07) is 16.7. The molecule has 0 saturated heterocycles. The fourth-order valence-electron chi connectivity index (χ4n) is 2.48. The molecule has 1 amide bonds. The van der Waals surface area contributed by atoms with Gasteiger partial charge in [-0.2, -0.15) is 5.10 Å². The van der Waals surface area contributed by atoms with E-state index in [0.717, 1.165) is 16.7 Å². The molecule has 1 N–H and O–H groups in total. The lowest BCUT2D eigenvalue weighted by atomic mass is 10.2. The second kappa shape index (κ2) is 9.32. The summed E-state index contributed by atoms with van der Waals surface area (Å²) in [5.74, 6) is 0.946. The number of amides is 1. The number of para-hydroxylation sites is 1. The number of hydrazone groups is 1. The molecule has 0 bridgehead atoms. The predicted octanol–water partition coefficient (Wildman–Crippen LogP) is 3.72. The van der Waals surface area contributed by atoms with Gasteiger partial charge in [-0.15, -0.1) is 0 Å². The van der Waals surface area contributed by atoms with Crippen LogP contribution in [0.2, 0.25) is 0 Å². The van der Waals surface area contributed by atoms with E-state index in [1.165, 1.54) is 0 Å². The zero-order chi connectivity index (χ0) is 19.8. The van der Waals surface area contributed by atoms with Gasteiger partial charge in [-0.25, -0.2) is 5.43 Å². The van der Waals surface area contributed by atoms with Crippen LogP contribution in [0.1, 0.15) is 12.5 Å². The van der Waals surface area contributed by atoms with Crippen molar-refractivity contribution in [2.75, 3.05) is 6.61 Å². The van der Waals surface area contributed by atoms with Crippen LogP contribution in [0.25, 0.3) is 10.9 Å². The molecule has 3 rings (SSSR count). The SMILES string of the molecule is C=CCOc1ccc(/C=N/NC(=O)C(C)Oc2cccc3cccnc23)cc1. The highest BCUT2D eigenvalue weighted by atomic mass is 16.5. The normalized spacial score (nSPS) is 11.9. The van der Waals surface area contributed by atoms with Crippen LogP contribution in [0.4, 0.5) is 0 Å². The zero-order valence-electron chi connectivity index (χ0n) is 15.5. The first-order valence-corrected chi connectivity index (χ1v) is 8.84. The Labute approximate surface area is 163 Å². The molecule has 6 nitrogen and oxygen atoms in total. The summed E-state index contributed by atoms with van der Waals surface area (Å²) in [6.45, 7) is 5.72. The number of hydrogen-bond acceptors (Lipinski definition) is 5. The third kappa shape index (κ3) is 4.94. The number of aromatic nitrogens is 1. The van der Waals surface area contributed by atoms with Crippen LogP contribution in [0.15, 0.2) is 78.6 Å². The second-order valence-corrected chi connectivity index (χ2v) is 5.99. The minimum Gasteiger partial charge on any atom is -0.490 e. The maximum atomic E-state index is 12.2. The summed E-state index contributed by atoms with van der Waals surface area (Å²) in [5, 5.41) is 4.93. The Bertz CT molecular complexity index is 978.